The zero-order valence-electron chi connectivity index (χ0n) is 13.1. The van der Waals surface area contributed by atoms with E-state index in [2.05, 4.69) is 10.3 Å². The molecule has 0 radical (unpaired) electrons. The number of carbonyl (C=O) groups excluding carboxylic acids is 1. The number of aromatic nitrogens is 1. The second-order valence-corrected chi connectivity index (χ2v) is 5.17. The van der Waals surface area contributed by atoms with Crippen LogP contribution in [-0.2, 0) is 6.54 Å². The highest BCUT2D eigenvalue weighted by Gasteiger charge is 2.19. The van der Waals surface area contributed by atoms with E-state index in [0.29, 0.717) is 6.54 Å². The van der Waals surface area contributed by atoms with Crippen molar-refractivity contribution in [1.29, 1.82) is 0 Å². The third-order valence-corrected chi connectivity index (χ3v) is 3.63. The Hall–Kier alpha value is -2.50. The fourth-order valence-corrected chi connectivity index (χ4v) is 2.21. The van der Waals surface area contributed by atoms with Gasteiger partial charge in [-0.25, -0.2) is 13.6 Å². The van der Waals surface area contributed by atoms with Gasteiger partial charge in [0.1, 0.15) is 11.6 Å². The Morgan fingerprint density at radius 2 is 1.83 bits per heavy atom. The van der Waals surface area contributed by atoms with Gasteiger partial charge in [0, 0.05) is 24.5 Å². The number of nitrogens with one attached hydrogen (secondary N) is 1. The molecule has 0 fully saturated rings. The topological polar surface area (TPSA) is 45.2 Å². The maximum atomic E-state index is 13.7. The average Bonchev–Trinajstić information content (AvgIpc) is 2.55. The van der Waals surface area contributed by atoms with Crippen LogP contribution in [0.5, 0.6) is 0 Å². The van der Waals surface area contributed by atoms with Gasteiger partial charge in [-0.1, -0.05) is 6.07 Å². The zero-order valence-corrected chi connectivity index (χ0v) is 13.1. The minimum Gasteiger partial charge on any atom is -0.331 e. The molecular formula is C17H19F2N3O. The number of carbonyl (C=O) groups is 1. The Balaban J connectivity index is 2.07. The summed E-state index contributed by atoms with van der Waals surface area (Å²) in [6.45, 7) is 3.81. The van der Waals surface area contributed by atoms with Crippen molar-refractivity contribution in [3.8, 4) is 0 Å². The van der Waals surface area contributed by atoms with E-state index in [0.717, 1.165) is 5.56 Å². The number of hydrogen-bond donors (Lipinski definition) is 1. The van der Waals surface area contributed by atoms with Crippen molar-refractivity contribution in [3.63, 3.8) is 0 Å². The molecule has 1 N–H and O–H groups in total. The third kappa shape index (κ3) is 4.25. The Labute approximate surface area is 134 Å². The fourth-order valence-electron chi connectivity index (χ4n) is 2.21. The van der Waals surface area contributed by atoms with Crippen molar-refractivity contribution in [3.05, 3.63) is 65.5 Å². The third-order valence-electron chi connectivity index (χ3n) is 3.63. The molecule has 1 atom stereocenters. The first kappa shape index (κ1) is 16.9. The van der Waals surface area contributed by atoms with E-state index in [4.69, 9.17) is 0 Å². The lowest BCUT2D eigenvalue weighted by Crippen LogP contribution is -2.40. The van der Waals surface area contributed by atoms with Gasteiger partial charge in [0.05, 0.1) is 12.6 Å². The Morgan fingerprint density at radius 3 is 2.39 bits per heavy atom. The number of hydrogen-bond acceptors (Lipinski definition) is 2. The maximum absolute atomic E-state index is 13.7. The van der Waals surface area contributed by atoms with E-state index in [-0.39, 0.29) is 24.2 Å². The Morgan fingerprint density at radius 1 is 1.22 bits per heavy atom. The molecule has 2 aromatic rings. The van der Waals surface area contributed by atoms with Crippen LogP contribution in [0.25, 0.3) is 0 Å². The Kier molecular flexibility index (Phi) is 5.62. The molecule has 0 aliphatic rings. The molecule has 0 saturated heterocycles. The molecule has 1 aromatic carbocycles. The van der Waals surface area contributed by atoms with Gasteiger partial charge in [-0.2, -0.15) is 0 Å². The minimum atomic E-state index is -0.654. The molecule has 6 heteroatoms. The molecule has 23 heavy (non-hydrogen) atoms. The largest absolute Gasteiger partial charge is 0.331 e. The van der Waals surface area contributed by atoms with Crippen molar-refractivity contribution < 1.29 is 13.6 Å². The molecule has 0 unspecified atom stereocenters. The van der Waals surface area contributed by atoms with E-state index >= 15 is 0 Å². The van der Waals surface area contributed by atoms with Gasteiger partial charge in [-0.15, -0.1) is 0 Å². The number of nitrogens with zero attached hydrogens (tertiary/aromatic N) is 2. The number of rotatable bonds is 5. The van der Waals surface area contributed by atoms with Crippen molar-refractivity contribution in [2.45, 2.75) is 26.4 Å². The molecule has 1 aromatic heterocycles. The van der Waals surface area contributed by atoms with Gasteiger partial charge in [0.25, 0.3) is 0 Å². The lowest BCUT2D eigenvalue weighted by atomic mass is 10.1. The van der Waals surface area contributed by atoms with Crippen molar-refractivity contribution >= 4 is 6.03 Å². The number of halogens is 2. The lowest BCUT2D eigenvalue weighted by molar-refractivity contribution is 0.193. The molecule has 0 aliphatic carbocycles. The van der Waals surface area contributed by atoms with E-state index in [1.165, 1.54) is 23.1 Å². The van der Waals surface area contributed by atoms with Crippen LogP contribution in [0.4, 0.5) is 13.6 Å². The van der Waals surface area contributed by atoms with E-state index in [1.807, 2.05) is 6.92 Å². The standard InChI is InChI=1S/C17H19F2N3O/c1-3-22(11-14-15(18)5-4-6-16(14)19)17(23)21-12(2)13-7-9-20-10-8-13/h4-10,12H,3,11H2,1-2H3,(H,21,23)/t12-/m0/s1. The summed E-state index contributed by atoms with van der Waals surface area (Å²) < 4.78 is 27.5. The summed E-state index contributed by atoms with van der Waals surface area (Å²) in [5, 5.41) is 2.82. The molecule has 0 saturated carbocycles. The highest BCUT2D eigenvalue weighted by molar-refractivity contribution is 5.74. The fraction of sp³-hybridized carbons (Fsp3) is 0.294. The summed E-state index contributed by atoms with van der Waals surface area (Å²) >= 11 is 0. The summed E-state index contributed by atoms with van der Waals surface area (Å²) in [4.78, 5) is 17.6. The lowest BCUT2D eigenvalue weighted by Gasteiger charge is -2.24. The van der Waals surface area contributed by atoms with Gasteiger partial charge in [-0.05, 0) is 43.7 Å². The summed E-state index contributed by atoms with van der Waals surface area (Å²) in [5.41, 5.74) is 0.794. The number of amides is 2. The van der Waals surface area contributed by atoms with Crippen LogP contribution in [0, 0.1) is 11.6 Å². The molecule has 4 nitrogen and oxygen atoms in total. The zero-order chi connectivity index (χ0) is 16.8. The van der Waals surface area contributed by atoms with Crippen LogP contribution in [0.3, 0.4) is 0 Å². The molecular weight excluding hydrogens is 300 g/mol. The van der Waals surface area contributed by atoms with Crippen LogP contribution in [-0.4, -0.2) is 22.5 Å². The predicted octanol–water partition coefficient (Wildman–Crippen LogP) is 3.65. The number of benzene rings is 1. The molecule has 0 aliphatic heterocycles. The highest BCUT2D eigenvalue weighted by Crippen LogP contribution is 2.16. The molecule has 0 bridgehead atoms. The van der Waals surface area contributed by atoms with Gasteiger partial charge >= 0.3 is 6.03 Å². The summed E-state index contributed by atoms with van der Waals surface area (Å²) in [6.07, 6.45) is 3.29. The smallest absolute Gasteiger partial charge is 0.318 e. The first-order valence-corrected chi connectivity index (χ1v) is 7.41. The second-order valence-electron chi connectivity index (χ2n) is 5.17. The van der Waals surface area contributed by atoms with Crippen LogP contribution < -0.4 is 5.32 Å². The van der Waals surface area contributed by atoms with Crippen LogP contribution in [0.2, 0.25) is 0 Å². The summed E-state index contributed by atoms with van der Waals surface area (Å²) in [5.74, 6) is -1.31. The molecule has 2 amide bonds. The van der Waals surface area contributed by atoms with Gasteiger partial charge < -0.3 is 10.2 Å². The van der Waals surface area contributed by atoms with Gasteiger partial charge in [-0.3, -0.25) is 4.98 Å². The Bertz CT molecular complexity index is 644. The quantitative estimate of drug-likeness (QED) is 0.914. The summed E-state index contributed by atoms with van der Waals surface area (Å²) in [6, 6.07) is 6.67. The SMILES string of the molecule is CCN(Cc1c(F)cccc1F)C(=O)N[C@@H](C)c1ccncc1. The second kappa shape index (κ2) is 7.67. The number of urea groups is 1. The van der Waals surface area contributed by atoms with Crippen molar-refractivity contribution in [1.82, 2.24) is 15.2 Å². The van der Waals surface area contributed by atoms with E-state index in [9.17, 15) is 13.6 Å². The molecule has 2 rings (SSSR count). The summed E-state index contributed by atoms with van der Waals surface area (Å²) in [7, 11) is 0. The van der Waals surface area contributed by atoms with Crippen LogP contribution in [0.15, 0.2) is 42.7 Å². The van der Waals surface area contributed by atoms with Crippen molar-refractivity contribution in [2.24, 2.45) is 0 Å². The maximum Gasteiger partial charge on any atom is 0.318 e. The van der Waals surface area contributed by atoms with E-state index < -0.39 is 11.6 Å². The molecule has 122 valence electrons. The van der Waals surface area contributed by atoms with Gasteiger partial charge in [0.2, 0.25) is 0 Å². The first-order chi connectivity index (χ1) is 11.0. The van der Waals surface area contributed by atoms with Crippen molar-refractivity contribution in [2.75, 3.05) is 6.54 Å². The normalized spacial score (nSPS) is 11.8. The van der Waals surface area contributed by atoms with Gasteiger partial charge in [0.15, 0.2) is 0 Å². The first-order valence-electron chi connectivity index (χ1n) is 7.41. The van der Waals surface area contributed by atoms with Crippen LogP contribution in [0.1, 0.15) is 31.0 Å². The van der Waals surface area contributed by atoms with Crippen LogP contribution >= 0.6 is 0 Å². The highest BCUT2D eigenvalue weighted by atomic mass is 19.1. The predicted molar refractivity (Wildman–Crippen MR) is 83.6 cm³/mol. The molecule has 0 spiro atoms. The number of pyridine rings is 1. The molecule has 1 heterocycles. The van der Waals surface area contributed by atoms with E-state index in [1.54, 1.807) is 31.5 Å². The minimum absolute atomic E-state index is 0.110. The monoisotopic (exact) mass is 319 g/mol. The average molecular weight is 319 g/mol.